The molecule has 3 heterocycles. The van der Waals surface area contributed by atoms with Gasteiger partial charge in [-0.3, -0.25) is 24.4 Å². The van der Waals surface area contributed by atoms with Gasteiger partial charge in [0.05, 0.1) is 37.1 Å². The minimum absolute atomic E-state index is 0.110. The van der Waals surface area contributed by atoms with Gasteiger partial charge in [-0.05, 0) is 64.8 Å². The lowest BCUT2D eigenvalue weighted by Crippen LogP contribution is -2.48. The van der Waals surface area contributed by atoms with Gasteiger partial charge in [-0.25, -0.2) is 4.68 Å². The van der Waals surface area contributed by atoms with Crippen molar-refractivity contribution in [2.75, 3.05) is 89.1 Å². The van der Waals surface area contributed by atoms with E-state index in [9.17, 15) is 14.4 Å². The Kier molecular flexibility index (Phi) is 19.9. The normalized spacial score (nSPS) is 15.0. The maximum atomic E-state index is 13.0. The molecule has 0 bridgehead atoms. The van der Waals surface area contributed by atoms with E-state index in [1.165, 1.54) is 0 Å². The number of aliphatic hydroxyl groups excluding tert-OH is 1. The Morgan fingerprint density at radius 3 is 2.27 bits per heavy atom. The minimum atomic E-state index is 0.110. The lowest BCUT2D eigenvalue weighted by atomic mass is 10.1. The Morgan fingerprint density at radius 1 is 0.981 bits per heavy atom. The Balaban J connectivity index is 0.00000226. The van der Waals surface area contributed by atoms with Crippen LogP contribution in [0.25, 0.3) is 5.69 Å². The van der Waals surface area contributed by atoms with E-state index in [0.29, 0.717) is 65.1 Å². The molecule has 2 aromatic rings. The van der Waals surface area contributed by atoms with Crippen molar-refractivity contribution in [2.24, 2.45) is 4.99 Å². The number of aliphatic hydroxyl groups is 1. The molecule has 0 spiro atoms. The zero-order valence-corrected chi connectivity index (χ0v) is 33.2. The molecule has 0 unspecified atom stereocenters. The summed E-state index contributed by atoms with van der Waals surface area (Å²) in [6, 6.07) is 8.56. The summed E-state index contributed by atoms with van der Waals surface area (Å²) in [7, 11) is 1.00. The number of nitrogens with zero attached hydrogens (tertiary/aromatic N) is 8. The molecule has 0 radical (unpaired) electrons. The maximum absolute atomic E-state index is 13.0. The van der Waals surface area contributed by atoms with Gasteiger partial charge in [0.1, 0.15) is 6.29 Å². The predicted molar refractivity (Wildman–Crippen MR) is 212 cm³/mol. The molecule has 1 amide bonds. The number of amides is 1. The Morgan fingerprint density at radius 2 is 1.65 bits per heavy atom. The van der Waals surface area contributed by atoms with E-state index in [1.807, 2.05) is 51.1 Å². The number of Topliss-reactive ketones (excluding diaryl/α,β-unsaturated/α-hetero) is 1. The molecule has 2 aliphatic rings. The molecular weight excluding hydrogens is 658 g/mol. The number of ketones is 1. The Bertz CT molecular complexity index is 1450. The number of aromatic nitrogens is 2. The van der Waals surface area contributed by atoms with Crippen molar-refractivity contribution in [2.45, 2.75) is 80.6 Å². The number of amidine groups is 1. The van der Waals surface area contributed by atoms with Gasteiger partial charge in [-0.1, -0.05) is 27.4 Å². The summed E-state index contributed by atoms with van der Waals surface area (Å²) < 4.78 is 1.97. The summed E-state index contributed by atoms with van der Waals surface area (Å²) >= 11 is 0. The average Bonchev–Trinajstić information content (AvgIpc) is 3.76. The number of aliphatic imine (C=N–C) groups is 1. The summed E-state index contributed by atoms with van der Waals surface area (Å²) in [5, 5.41) is 15.1. The number of aryl methyl sites for hydroxylation is 2. The number of aldehydes is 1. The summed E-state index contributed by atoms with van der Waals surface area (Å²) in [5.41, 5.74) is 5.93. The Labute approximate surface area is 312 Å². The van der Waals surface area contributed by atoms with E-state index in [1.54, 1.807) is 0 Å². The number of anilines is 2. The van der Waals surface area contributed by atoms with Gasteiger partial charge in [-0.15, -0.1) is 0 Å². The lowest BCUT2D eigenvalue weighted by molar-refractivity contribution is -0.131. The minimum Gasteiger partial charge on any atom is -0.400 e. The van der Waals surface area contributed by atoms with Crippen molar-refractivity contribution in [3.05, 3.63) is 47.9 Å². The number of carbonyl (C=O) groups is 3. The third-order valence-corrected chi connectivity index (χ3v) is 8.96. The highest BCUT2D eigenvalue weighted by molar-refractivity contribution is 5.84. The fourth-order valence-corrected chi connectivity index (χ4v) is 6.35. The second kappa shape index (κ2) is 23.5. The largest absolute Gasteiger partial charge is 0.400 e. The molecule has 4 rings (SSSR count). The molecule has 1 aromatic carbocycles. The van der Waals surface area contributed by atoms with Crippen LogP contribution < -0.4 is 15.1 Å². The summed E-state index contributed by atoms with van der Waals surface area (Å²) in [6.45, 7) is 26.1. The molecule has 13 heteroatoms. The molecule has 0 saturated carbocycles. The van der Waals surface area contributed by atoms with Crippen molar-refractivity contribution < 1.29 is 19.5 Å². The quantitative estimate of drug-likeness (QED) is 0.105. The van der Waals surface area contributed by atoms with Crippen LogP contribution >= 0.6 is 0 Å². The van der Waals surface area contributed by atoms with Gasteiger partial charge in [0.2, 0.25) is 5.91 Å². The van der Waals surface area contributed by atoms with Crippen LogP contribution in [0.1, 0.15) is 78.1 Å². The number of piperazine rings is 1. The SMILES string of the molecule is C=C(CCN1CCN(CN(CC(=O)CC)c2cc(N3CCN(C(=O)CCCC=O)CC3)cc(-n3nc(C)cc3C)c2)C1)NC(C)=NCC.CC.CO. The summed E-state index contributed by atoms with van der Waals surface area (Å²) in [6.07, 6.45) is 3.61. The number of benzene rings is 1. The van der Waals surface area contributed by atoms with Crippen LogP contribution in [-0.2, 0) is 14.4 Å². The molecule has 2 saturated heterocycles. The van der Waals surface area contributed by atoms with Crippen LogP contribution in [0.15, 0.2) is 41.5 Å². The molecule has 2 fully saturated rings. The van der Waals surface area contributed by atoms with Crippen molar-refractivity contribution in [1.29, 1.82) is 0 Å². The van der Waals surface area contributed by atoms with Crippen LogP contribution in [0.5, 0.6) is 0 Å². The van der Waals surface area contributed by atoms with Crippen molar-refractivity contribution in [1.82, 2.24) is 29.8 Å². The van der Waals surface area contributed by atoms with Gasteiger partial charge >= 0.3 is 0 Å². The highest BCUT2D eigenvalue weighted by atomic mass is 16.2. The van der Waals surface area contributed by atoms with E-state index in [2.05, 4.69) is 67.7 Å². The van der Waals surface area contributed by atoms with Crippen LogP contribution in [0, 0.1) is 13.8 Å². The predicted octanol–water partition coefficient (Wildman–Crippen LogP) is 4.39. The van der Waals surface area contributed by atoms with Crippen LogP contribution in [0.3, 0.4) is 0 Å². The van der Waals surface area contributed by atoms with E-state index >= 15 is 0 Å². The highest BCUT2D eigenvalue weighted by Gasteiger charge is 2.26. The molecule has 52 heavy (non-hydrogen) atoms. The van der Waals surface area contributed by atoms with Gasteiger partial charge in [-0.2, -0.15) is 5.10 Å². The number of hydrogen-bond acceptors (Lipinski definition) is 10. The monoisotopic (exact) mass is 724 g/mol. The fraction of sp³-hybridized carbons (Fsp3) is 0.615. The third-order valence-electron chi connectivity index (χ3n) is 8.96. The van der Waals surface area contributed by atoms with Gasteiger partial charge in [0.15, 0.2) is 5.78 Å². The molecular formula is C39H65N9O4. The number of nitrogens with one attached hydrogen (secondary N) is 1. The van der Waals surface area contributed by atoms with Gasteiger partial charge in [0, 0.05) is 101 Å². The molecule has 0 aliphatic carbocycles. The topological polar surface area (TPSA) is 130 Å². The van der Waals surface area contributed by atoms with Gasteiger partial charge < -0.3 is 29.9 Å². The zero-order valence-electron chi connectivity index (χ0n) is 33.2. The smallest absolute Gasteiger partial charge is 0.222 e. The van der Waals surface area contributed by atoms with Crippen LogP contribution in [-0.4, -0.2) is 133 Å². The maximum Gasteiger partial charge on any atom is 0.222 e. The highest BCUT2D eigenvalue weighted by Crippen LogP contribution is 2.30. The summed E-state index contributed by atoms with van der Waals surface area (Å²) in [4.78, 5) is 52.0. The molecule has 2 aliphatic heterocycles. The van der Waals surface area contributed by atoms with Crippen molar-refractivity contribution in [3.63, 3.8) is 0 Å². The molecule has 0 atom stereocenters. The molecule has 290 valence electrons. The Hall–Kier alpha value is -4.07. The molecule has 13 nitrogen and oxygen atoms in total. The van der Waals surface area contributed by atoms with E-state index in [0.717, 1.165) is 92.6 Å². The third kappa shape index (κ3) is 13.8. The van der Waals surface area contributed by atoms with E-state index in [4.69, 9.17) is 10.2 Å². The van der Waals surface area contributed by atoms with Crippen LogP contribution in [0.4, 0.5) is 11.4 Å². The standard InChI is InChI=1S/C36H55N9O3.C2H6.CH4O/c1-7-35(47)25-44(27-41-15-14-40(26-41)13-12-28(3)38-31(6)37-8-2)33-22-32(23-34(24-33)45-30(5)21-29(4)39-45)42-16-18-43(19-17-42)36(48)11-9-10-20-46;2*1-2/h20-24H,3,7-19,25-27H2,1-2,4-6H3,(H,37,38);1-2H3;2H,1H3. The first-order chi connectivity index (χ1) is 25.1. The number of unbranched alkanes of at least 4 members (excludes halogenated alkanes) is 1. The van der Waals surface area contributed by atoms with E-state index < -0.39 is 0 Å². The average molecular weight is 724 g/mol. The van der Waals surface area contributed by atoms with Crippen molar-refractivity contribution in [3.8, 4) is 5.69 Å². The summed E-state index contributed by atoms with van der Waals surface area (Å²) in [5.74, 6) is 1.20. The van der Waals surface area contributed by atoms with Crippen molar-refractivity contribution >= 4 is 35.2 Å². The second-order valence-electron chi connectivity index (χ2n) is 12.9. The van der Waals surface area contributed by atoms with Gasteiger partial charge in [0.25, 0.3) is 0 Å². The first-order valence-electron chi connectivity index (χ1n) is 18.9. The number of hydrogen-bond donors (Lipinski definition) is 2. The lowest BCUT2D eigenvalue weighted by Gasteiger charge is -2.37. The fourth-order valence-electron chi connectivity index (χ4n) is 6.35. The molecule has 2 N–H and O–H groups in total. The zero-order chi connectivity index (χ0) is 38.6. The molecule has 1 aromatic heterocycles. The first kappa shape index (κ1) is 44.1. The first-order valence-corrected chi connectivity index (χ1v) is 18.9. The number of rotatable bonds is 17. The second-order valence-corrected chi connectivity index (χ2v) is 12.9. The van der Waals surface area contributed by atoms with E-state index in [-0.39, 0.29) is 11.7 Å². The number of carbonyl (C=O) groups excluding carboxylic acids is 3. The van der Waals surface area contributed by atoms with Crippen LogP contribution in [0.2, 0.25) is 0 Å².